The molecule has 1 amide bonds. The van der Waals surface area contributed by atoms with E-state index in [9.17, 15) is 4.79 Å². The van der Waals surface area contributed by atoms with Crippen LogP contribution in [0.5, 0.6) is 0 Å². The number of fused-ring (bicyclic) bond motifs is 1. The molecule has 1 aromatic heterocycles. The van der Waals surface area contributed by atoms with Crippen LogP contribution >= 0.6 is 23.1 Å². The molecule has 0 saturated heterocycles. The fourth-order valence-electron chi connectivity index (χ4n) is 2.36. The summed E-state index contributed by atoms with van der Waals surface area (Å²) in [5, 5.41) is 4.12. The van der Waals surface area contributed by atoms with Gasteiger partial charge in [0.25, 0.3) is 5.91 Å². The van der Waals surface area contributed by atoms with Gasteiger partial charge in [-0.1, -0.05) is 13.8 Å². The standard InChI is InChI=1S/C16H22N2OS2/c1-4-16(5-2,20-3)10-18-15(19)14-9-11-8-12(17)6-7-13(11)21-14/h6-9H,4-5,10,17H2,1-3H3,(H,18,19). The van der Waals surface area contributed by atoms with E-state index in [-0.39, 0.29) is 10.7 Å². The number of nitrogens with one attached hydrogen (secondary N) is 1. The Hall–Kier alpha value is -1.20. The molecule has 0 aliphatic heterocycles. The first-order chi connectivity index (χ1) is 10.0. The first kappa shape index (κ1) is 16.2. The van der Waals surface area contributed by atoms with E-state index in [0.717, 1.165) is 33.5 Å². The van der Waals surface area contributed by atoms with E-state index in [0.29, 0.717) is 6.54 Å². The summed E-state index contributed by atoms with van der Waals surface area (Å²) in [4.78, 5) is 13.1. The zero-order valence-electron chi connectivity index (χ0n) is 12.7. The predicted octanol–water partition coefficient (Wildman–Crippen LogP) is 4.14. The molecule has 2 aromatic rings. The number of carbonyl (C=O) groups excluding carboxylic acids is 1. The average Bonchev–Trinajstić information content (AvgIpc) is 2.92. The summed E-state index contributed by atoms with van der Waals surface area (Å²) in [6.45, 7) is 5.05. The third-order valence-corrected chi connectivity index (χ3v) is 6.76. The molecule has 1 heterocycles. The Morgan fingerprint density at radius 1 is 1.33 bits per heavy atom. The minimum Gasteiger partial charge on any atom is -0.399 e. The van der Waals surface area contributed by atoms with Gasteiger partial charge in [-0.25, -0.2) is 0 Å². The van der Waals surface area contributed by atoms with Gasteiger partial charge < -0.3 is 11.1 Å². The van der Waals surface area contributed by atoms with Gasteiger partial charge in [-0.05, 0) is 48.7 Å². The molecule has 1 aromatic carbocycles. The SMILES string of the molecule is CCC(CC)(CNC(=O)c1cc2cc(N)ccc2s1)SC. The second kappa shape index (κ2) is 6.71. The third-order valence-electron chi connectivity index (χ3n) is 4.06. The number of hydrogen-bond acceptors (Lipinski definition) is 4. The lowest BCUT2D eigenvalue weighted by Gasteiger charge is -2.29. The molecule has 0 aliphatic carbocycles. The van der Waals surface area contributed by atoms with Crippen molar-refractivity contribution in [3.63, 3.8) is 0 Å². The maximum atomic E-state index is 12.4. The smallest absolute Gasteiger partial charge is 0.261 e. The first-order valence-electron chi connectivity index (χ1n) is 7.16. The number of nitrogens with two attached hydrogens (primary N) is 1. The van der Waals surface area contributed by atoms with Gasteiger partial charge in [0, 0.05) is 21.7 Å². The largest absolute Gasteiger partial charge is 0.399 e. The van der Waals surface area contributed by atoms with Crippen LogP contribution in [0, 0.1) is 0 Å². The molecule has 0 aliphatic rings. The van der Waals surface area contributed by atoms with Gasteiger partial charge in [-0.15, -0.1) is 11.3 Å². The lowest BCUT2D eigenvalue weighted by atomic mass is 10.0. The number of amides is 1. The number of thioether (sulfide) groups is 1. The monoisotopic (exact) mass is 322 g/mol. The molecule has 0 atom stereocenters. The van der Waals surface area contributed by atoms with E-state index >= 15 is 0 Å². The topological polar surface area (TPSA) is 55.1 Å². The van der Waals surface area contributed by atoms with Crippen molar-refractivity contribution in [3.05, 3.63) is 29.1 Å². The maximum absolute atomic E-state index is 12.4. The van der Waals surface area contributed by atoms with Crippen LogP contribution in [0.15, 0.2) is 24.3 Å². The van der Waals surface area contributed by atoms with Crippen molar-refractivity contribution in [1.82, 2.24) is 5.32 Å². The van der Waals surface area contributed by atoms with Crippen LogP contribution < -0.4 is 11.1 Å². The highest BCUT2D eigenvalue weighted by atomic mass is 32.2. The quantitative estimate of drug-likeness (QED) is 0.786. The van der Waals surface area contributed by atoms with Gasteiger partial charge in [-0.2, -0.15) is 11.8 Å². The normalized spacial score (nSPS) is 11.8. The Balaban J connectivity index is 2.12. The average molecular weight is 322 g/mol. The zero-order chi connectivity index (χ0) is 15.5. The Bertz CT molecular complexity index is 624. The highest BCUT2D eigenvalue weighted by Gasteiger charge is 2.25. The van der Waals surface area contributed by atoms with Crippen molar-refractivity contribution in [2.45, 2.75) is 31.4 Å². The molecule has 0 bridgehead atoms. The van der Waals surface area contributed by atoms with Gasteiger partial charge in [-0.3, -0.25) is 4.79 Å². The number of carbonyl (C=O) groups is 1. The fraction of sp³-hybridized carbons (Fsp3) is 0.438. The molecule has 0 radical (unpaired) electrons. The van der Waals surface area contributed by atoms with E-state index < -0.39 is 0 Å². The summed E-state index contributed by atoms with van der Waals surface area (Å²) in [5.41, 5.74) is 6.51. The molecular weight excluding hydrogens is 300 g/mol. The Labute approximate surface area is 134 Å². The fourth-order valence-corrected chi connectivity index (χ4v) is 4.12. The van der Waals surface area contributed by atoms with E-state index in [1.165, 1.54) is 11.3 Å². The molecular formula is C16H22N2OS2. The number of benzene rings is 1. The minimum absolute atomic E-state index is 0.00935. The molecule has 21 heavy (non-hydrogen) atoms. The summed E-state index contributed by atoms with van der Waals surface area (Å²) in [6, 6.07) is 7.67. The van der Waals surface area contributed by atoms with Crippen molar-refractivity contribution in [3.8, 4) is 0 Å². The lowest BCUT2D eigenvalue weighted by Crippen LogP contribution is -2.39. The number of hydrogen-bond donors (Lipinski definition) is 2. The van der Waals surface area contributed by atoms with Gasteiger partial charge >= 0.3 is 0 Å². The van der Waals surface area contributed by atoms with E-state index in [1.807, 2.05) is 36.0 Å². The number of thiophene rings is 1. The van der Waals surface area contributed by atoms with Crippen molar-refractivity contribution < 1.29 is 4.79 Å². The summed E-state index contributed by atoms with van der Waals surface area (Å²) in [6.07, 6.45) is 4.21. The van der Waals surface area contributed by atoms with Crippen LogP contribution in [0.4, 0.5) is 5.69 Å². The minimum atomic E-state index is 0.00935. The summed E-state index contributed by atoms with van der Waals surface area (Å²) < 4.78 is 1.23. The maximum Gasteiger partial charge on any atom is 0.261 e. The van der Waals surface area contributed by atoms with Gasteiger partial charge in [0.05, 0.1) is 4.88 Å². The summed E-state index contributed by atoms with van der Waals surface area (Å²) in [5.74, 6) is 0.00935. The molecule has 2 rings (SSSR count). The predicted molar refractivity (Wildman–Crippen MR) is 95.4 cm³/mol. The second-order valence-electron chi connectivity index (χ2n) is 5.18. The molecule has 5 heteroatoms. The van der Waals surface area contributed by atoms with Crippen LogP contribution in [0.1, 0.15) is 36.4 Å². The Morgan fingerprint density at radius 3 is 2.67 bits per heavy atom. The van der Waals surface area contributed by atoms with Crippen LogP contribution in [0.3, 0.4) is 0 Å². The van der Waals surface area contributed by atoms with E-state index in [4.69, 9.17) is 5.73 Å². The summed E-state index contributed by atoms with van der Waals surface area (Å²) in [7, 11) is 0. The Kier molecular flexibility index (Phi) is 5.17. The molecule has 0 saturated carbocycles. The van der Waals surface area contributed by atoms with Gasteiger partial charge in [0.15, 0.2) is 0 Å². The summed E-state index contributed by atoms with van der Waals surface area (Å²) >= 11 is 3.35. The molecule has 3 N–H and O–H groups in total. The number of rotatable bonds is 6. The van der Waals surface area contributed by atoms with Crippen LogP contribution in [-0.4, -0.2) is 23.5 Å². The van der Waals surface area contributed by atoms with Gasteiger partial charge in [0.2, 0.25) is 0 Å². The first-order valence-corrected chi connectivity index (χ1v) is 9.20. The third kappa shape index (κ3) is 3.52. The highest BCUT2D eigenvalue weighted by Crippen LogP contribution is 2.30. The van der Waals surface area contributed by atoms with E-state index in [2.05, 4.69) is 25.4 Å². The molecule has 0 fully saturated rings. The molecule has 3 nitrogen and oxygen atoms in total. The lowest BCUT2D eigenvalue weighted by molar-refractivity contribution is 0.0953. The van der Waals surface area contributed by atoms with Crippen LogP contribution in [0.2, 0.25) is 0 Å². The second-order valence-corrected chi connectivity index (χ2v) is 7.54. The molecule has 114 valence electrons. The van der Waals surface area contributed by atoms with Crippen molar-refractivity contribution in [1.29, 1.82) is 0 Å². The van der Waals surface area contributed by atoms with Crippen LogP contribution in [0.25, 0.3) is 10.1 Å². The van der Waals surface area contributed by atoms with Crippen LogP contribution in [-0.2, 0) is 0 Å². The van der Waals surface area contributed by atoms with E-state index in [1.54, 1.807) is 0 Å². The van der Waals surface area contributed by atoms with Gasteiger partial charge in [0.1, 0.15) is 0 Å². The number of anilines is 1. The van der Waals surface area contributed by atoms with Crippen molar-refractivity contribution in [2.75, 3.05) is 18.5 Å². The Morgan fingerprint density at radius 2 is 2.05 bits per heavy atom. The highest BCUT2D eigenvalue weighted by molar-refractivity contribution is 8.00. The zero-order valence-corrected chi connectivity index (χ0v) is 14.4. The van der Waals surface area contributed by atoms with Crippen molar-refractivity contribution in [2.24, 2.45) is 0 Å². The van der Waals surface area contributed by atoms with Crippen molar-refractivity contribution >= 4 is 44.8 Å². The molecule has 0 unspecified atom stereocenters. The molecule has 0 spiro atoms. The number of nitrogen functional groups attached to an aromatic ring is 1.